The molecule has 2 aromatic carbocycles. The van der Waals surface area contributed by atoms with Crippen LogP contribution in [0.4, 0.5) is 11.4 Å². The van der Waals surface area contributed by atoms with Gasteiger partial charge in [0.2, 0.25) is 0 Å². The minimum absolute atomic E-state index is 0. The van der Waals surface area contributed by atoms with Gasteiger partial charge in [-0.25, -0.2) is 0 Å². The van der Waals surface area contributed by atoms with Crippen LogP contribution >= 0.6 is 0 Å². The molecule has 2 aromatic rings. The summed E-state index contributed by atoms with van der Waals surface area (Å²) < 4.78 is 0. The molecule has 3 nitrogen and oxygen atoms in total. The molecular formula is C18H27N2O+. The molecule has 0 aliphatic heterocycles. The molecule has 0 saturated heterocycles. The van der Waals surface area contributed by atoms with Crippen molar-refractivity contribution in [2.75, 3.05) is 5.43 Å². The Morgan fingerprint density at radius 1 is 0.857 bits per heavy atom. The summed E-state index contributed by atoms with van der Waals surface area (Å²) in [5.74, 6) is 0. The van der Waals surface area contributed by atoms with E-state index in [0.717, 1.165) is 34.5 Å². The molecule has 0 heterocycles. The second-order valence-corrected chi connectivity index (χ2v) is 4.40. The van der Waals surface area contributed by atoms with Crippen molar-refractivity contribution in [2.24, 2.45) is 0 Å². The van der Waals surface area contributed by atoms with Crippen LogP contribution in [0.3, 0.4) is 0 Å². The third kappa shape index (κ3) is 4.42. The topological polar surface area (TPSA) is 32.1 Å². The molecule has 0 unspecified atom stereocenters. The van der Waals surface area contributed by atoms with Crippen LogP contribution in [0.1, 0.15) is 39.8 Å². The molecule has 1 N–H and O–H groups in total. The highest BCUT2D eigenvalue weighted by Gasteiger charge is 2.19. The van der Waals surface area contributed by atoms with Crippen LogP contribution in [0.2, 0.25) is 0 Å². The normalized spacial score (nSPS) is 9.24. The Morgan fingerprint density at radius 3 is 2.00 bits per heavy atom. The number of hydrogen-bond acceptors (Lipinski definition) is 1. The fourth-order valence-electron chi connectivity index (χ4n) is 2.12. The van der Waals surface area contributed by atoms with Gasteiger partial charge in [-0.05, 0) is 24.5 Å². The molecule has 0 radical (unpaired) electrons. The van der Waals surface area contributed by atoms with E-state index in [1.165, 1.54) is 0 Å². The molecule has 0 aliphatic rings. The molecular weight excluding hydrogens is 260 g/mol. The van der Waals surface area contributed by atoms with Crippen molar-refractivity contribution in [3.8, 4) is 0 Å². The number of para-hydroxylation sites is 2. The summed E-state index contributed by atoms with van der Waals surface area (Å²) in [6.45, 7) is 4.13. The Kier molecular flexibility index (Phi) is 7.99. The van der Waals surface area contributed by atoms with E-state index in [0.29, 0.717) is 5.69 Å². The molecule has 3 heteroatoms. The number of nitrogens with one attached hydrogen (secondary N) is 1. The van der Waals surface area contributed by atoms with Crippen molar-refractivity contribution < 1.29 is 4.87 Å². The average molecular weight is 287 g/mol. The first-order chi connectivity index (χ1) is 9.26. The summed E-state index contributed by atoms with van der Waals surface area (Å²) in [5.41, 5.74) is 6.65. The summed E-state index contributed by atoms with van der Waals surface area (Å²) in [4.78, 5) is 13.1. The number of nitroso groups, excluding NO2 is 1. The van der Waals surface area contributed by atoms with Gasteiger partial charge in [-0.15, -0.1) is 5.43 Å². The van der Waals surface area contributed by atoms with Gasteiger partial charge in [0.1, 0.15) is 5.69 Å². The Labute approximate surface area is 128 Å². The summed E-state index contributed by atoms with van der Waals surface area (Å²) in [5, 5.41) is 0. The molecule has 0 saturated carbocycles. The SMILES string of the molecule is C.C.CCc1ccccc1N[N+](=O)c1ccccc1CC. The number of hydrazine groups is 1. The van der Waals surface area contributed by atoms with Crippen LogP contribution in [0, 0.1) is 4.91 Å². The van der Waals surface area contributed by atoms with Gasteiger partial charge in [0.05, 0.1) is 4.91 Å². The van der Waals surface area contributed by atoms with Gasteiger partial charge in [0.15, 0.2) is 4.87 Å². The van der Waals surface area contributed by atoms with Gasteiger partial charge in [0.25, 0.3) is 5.69 Å². The minimum Gasteiger partial charge on any atom is -0.114 e. The number of hydrogen-bond donors (Lipinski definition) is 1. The number of benzene rings is 2. The predicted octanol–water partition coefficient (Wildman–Crippen LogP) is 5.52. The zero-order chi connectivity index (χ0) is 13.7. The van der Waals surface area contributed by atoms with Gasteiger partial charge >= 0.3 is 0 Å². The second kappa shape index (κ2) is 8.90. The molecule has 0 amide bonds. The molecule has 0 aromatic heterocycles. The maximum absolute atomic E-state index is 12.3. The standard InChI is InChI=1S/C16H19N2O.2CH4/c1-3-13-9-5-7-11-15(13)17-18(19)16-12-8-6-10-14(16)4-2;;/h5-12H,3-4H2,1-2H3,(H,17,19);2*1H4/q+1;;. The first kappa shape index (κ1) is 18.8. The Morgan fingerprint density at radius 2 is 1.38 bits per heavy atom. The lowest BCUT2D eigenvalue weighted by Gasteiger charge is -2.05. The molecule has 21 heavy (non-hydrogen) atoms. The summed E-state index contributed by atoms with van der Waals surface area (Å²) in [6.07, 6.45) is 1.73. The van der Waals surface area contributed by atoms with E-state index in [1.807, 2.05) is 55.5 Å². The smallest absolute Gasteiger partial charge is 0.114 e. The van der Waals surface area contributed by atoms with Crippen molar-refractivity contribution in [1.82, 2.24) is 0 Å². The highest BCUT2D eigenvalue weighted by Crippen LogP contribution is 2.21. The predicted molar refractivity (Wildman–Crippen MR) is 92.0 cm³/mol. The lowest BCUT2D eigenvalue weighted by Crippen LogP contribution is -2.13. The van der Waals surface area contributed by atoms with E-state index in [2.05, 4.69) is 12.3 Å². The molecule has 0 bridgehead atoms. The largest absolute Gasteiger partial charge is 0.295 e. The maximum Gasteiger partial charge on any atom is 0.295 e. The number of anilines is 1. The fourth-order valence-corrected chi connectivity index (χ4v) is 2.12. The van der Waals surface area contributed by atoms with E-state index >= 15 is 0 Å². The lowest BCUT2D eigenvalue weighted by molar-refractivity contribution is -0.428. The van der Waals surface area contributed by atoms with Gasteiger partial charge < -0.3 is 0 Å². The van der Waals surface area contributed by atoms with Crippen LogP contribution in [-0.2, 0) is 12.8 Å². The van der Waals surface area contributed by atoms with E-state index in [1.54, 1.807) is 0 Å². The quantitative estimate of drug-likeness (QED) is 0.580. The third-order valence-corrected chi connectivity index (χ3v) is 3.21. The van der Waals surface area contributed by atoms with Gasteiger partial charge in [0, 0.05) is 11.6 Å². The lowest BCUT2D eigenvalue weighted by atomic mass is 10.1. The Bertz CT molecular complexity index is 579. The first-order valence-corrected chi connectivity index (χ1v) is 6.66. The van der Waals surface area contributed by atoms with Crippen molar-refractivity contribution in [3.05, 3.63) is 64.6 Å². The van der Waals surface area contributed by atoms with Crippen LogP contribution in [0.15, 0.2) is 48.5 Å². The number of nitrogens with zero attached hydrogens (tertiary/aromatic N) is 1. The third-order valence-electron chi connectivity index (χ3n) is 3.21. The number of aryl methyl sites for hydroxylation is 2. The fraction of sp³-hybridized carbons (Fsp3) is 0.333. The van der Waals surface area contributed by atoms with E-state index in [9.17, 15) is 4.91 Å². The van der Waals surface area contributed by atoms with Gasteiger partial charge in [-0.3, -0.25) is 0 Å². The second-order valence-electron chi connectivity index (χ2n) is 4.40. The molecule has 0 fully saturated rings. The molecule has 0 spiro atoms. The Hall–Kier alpha value is -2.16. The highest BCUT2D eigenvalue weighted by atomic mass is 16.3. The highest BCUT2D eigenvalue weighted by molar-refractivity contribution is 5.50. The van der Waals surface area contributed by atoms with Crippen molar-refractivity contribution in [2.45, 2.75) is 41.5 Å². The molecule has 0 aliphatic carbocycles. The monoisotopic (exact) mass is 287 g/mol. The van der Waals surface area contributed by atoms with Gasteiger partial charge in [-0.1, -0.05) is 65.1 Å². The minimum atomic E-state index is 0. The van der Waals surface area contributed by atoms with Crippen LogP contribution in [-0.4, -0.2) is 4.87 Å². The van der Waals surface area contributed by atoms with Crippen LogP contribution in [0.25, 0.3) is 0 Å². The first-order valence-electron chi connectivity index (χ1n) is 6.66. The number of rotatable bonds is 5. The van der Waals surface area contributed by atoms with Crippen molar-refractivity contribution in [1.29, 1.82) is 0 Å². The summed E-state index contributed by atoms with van der Waals surface area (Å²) in [7, 11) is 0. The average Bonchev–Trinajstić information content (AvgIpc) is 2.47. The summed E-state index contributed by atoms with van der Waals surface area (Å²) in [6, 6.07) is 15.5. The van der Waals surface area contributed by atoms with Crippen LogP contribution in [0.5, 0.6) is 0 Å². The van der Waals surface area contributed by atoms with Gasteiger partial charge in [-0.2, -0.15) is 0 Å². The van der Waals surface area contributed by atoms with Crippen molar-refractivity contribution in [3.63, 3.8) is 0 Å². The van der Waals surface area contributed by atoms with E-state index in [-0.39, 0.29) is 14.9 Å². The summed E-state index contributed by atoms with van der Waals surface area (Å²) >= 11 is 0. The zero-order valence-electron chi connectivity index (χ0n) is 11.4. The van der Waals surface area contributed by atoms with E-state index in [4.69, 9.17) is 0 Å². The van der Waals surface area contributed by atoms with Crippen LogP contribution < -0.4 is 5.43 Å². The zero-order valence-corrected chi connectivity index (χ0v) is 11.4. The van der Waals surface area contributed by atoms with Crippen molar-refractivity contribution >= 4 is 11.4 Å². The van der Waals surface area contributed by atoms with E-state index < -0.39 is 0 Å². The molecule has 2 rings (SSSR count). The molecule has 0 atom stereocenters. The molecule has 114 valence electrons. The maximum atomic E-state index is 12.3. The Balaban J connectivity index is 0.00000200.